The molecular weight excluding hydrogens is 338 g/mol. The van der Waals surface area contributed by atoms with E-state index in [0.717, 1.165) is 51.0 Å². The van der Waals surface area contributed by atoms with Crippen molar-refractivity contribution < 1.29 is 14.3 Å². The highest BCUT2D eigenvalue weighted by molar-refractivity contribution is 5.58. The molecule has 2 unspecified atom stereocenters. The smallest absolute Gasteiger partial charge is 0.186 e. The minimum absolute atomic E-state index is 0.0830. The number of allylic oxidation sites excluding steroid dienone is 1. The van der Waals surface area contributed by atoms with Gasteiger partial charge >= 0.3 is 0 Å². The lowest BCUT2D eigenvalue weighted by Crippen LogP contribution is -2.34. The maximum Gasteiger partial charge on any atom is 0.186 e. The van der Waals surface area contributed by atoms with Crippen molar-refractivity contribution in [3.63, 3.8) is 0 Å². The van der Waals surface area contributed by atoms with Gasteiger partial charge in [0.15, 0.2) is 5.88 Å². The highest BCUT2D eigenvalue weighted by Crippen LogP contribution is 2.31. The minimum atomic E-state index is -0.266. The van der Waals surface area contributed by atoms with E-state index < -0.39 is 0 Å². The molecule has 0 spiro atoms. The third-order valence-corrected chi connectivity index (χ3v) is 4.67. The zero-order valence-corrected chi connectivity index (χ0v) is 17.3. The number of nitrogens with zero attached hydrogens (tertiary/aromatic N) is 1. The summed E-state index contributed by atoms with van der Waals surface area (Å²) in [4.78, 5) is 13.8. The second kappa shape index (κ2) is 10.5. The van der Waals surface area contributed by atoms with Crippen LogP contribution >= 0.6 is 0 Å². The second-order valence-electron chi connectivity index (χ2n) is 8.30. The van der Waals surface area contributed by atoms with Crippen molar-refractivity contribution >= 4 is 6.29 Å². The molecule has 1 aromatic rings. The SMILES string of the molecule is CC/C=C(\OC(C)(C)C)N1CC(CCCOCc2ccccc2)CC1C=O. The summed E-state index contributed by atoms with van der Waals surface area (Å²) >= 11 is 0. The van der Waals surface area contributed by atoms with Crippen molar-refractivity contribution in [2.45, 2.75) is 71.6 Å². The Hall–Kier alpha value is -1.81. The van der Waals surface area contributed by atoms with Crippen LogP contribution in [0.3, 0.4) is 0 Å². The summed E-state index contributed by atoms with van der Waals surface area (Å²) in [5, 5.41) is 0. The number of likely N-dealkylation sites (tertiary alicyclic amines) is 1. The summed E-state index contributed by atoms with van der Waals surface area (Å²) in [5.74, 6) is 1.36. The largest absolute Gasteiger partial charge is 0.474 e. The number of ether oxygens (including phenoxy) is 2. The molecule has 1 heterocycles. The lowest BCUT2D eigenvalue weighted by Gasteiger charge is -2.31. The van der Waals surface area contributed by atoms with Crippen molar-refractivity contribution in [3.05, 3.63) is 47.9 Å². The van der Waals surface area contributed by atoms with E-state index in [2.05, 4.69) is 30.0 Å². The Morgan fingerprint density at radius 3 is 2.63 bits per heavy atom. The molecule has 4 heteroatoms. The molecule has 1 saturated heterocycles. The minimum Gasteiger partial charge on any atom is -0.474 e. The molecule has 1 fully saturated rings. The number of hydrogen-bond donors (Lipinski definition) is 0. The molecule has 0 N–H and O–H groups in total. The first-order valence-electron chi connectivity index (χ1n) is 10.2. The molecule has 4 nitrogen and oxygen atoms in total. The van der Waals surface area contributed by atoms with E-state index in [1.54, 1.807) is 0 Å². The summed E-state index contributed by atoms with van der Waals surface area (Å²) in [7, 11) is 0. The molecule has 0 radical (unpaired) electrons. The van der Waals surface area contributed by atoms with Gasteiger partial charge in [-0.1, -0.05) is 37.3 Å². The van der Waals surface area contributed by atoms with Gasteiger partial charge in [-0.05, 0) is 64.0 Å². The van der Waals surface area contributed by atoms with E-state index >= 15 is 0 Å². The molecule has 150 valence electrons. The molecule has 2 atom stereocenters. The molecule has 0 aliphatic carbocycles. The van der Waals surface area contributed by atoms with Gasteiger partial charge in [-0.3, -0.25) is 0 Å². The maximum atomic E-state index is 11.6. The highest BCUT2D eigenvalue weighted by atomic mass is 16.5. The van der Waals surface area contributed by atoms with Crippen LogP contribution in [-0.2, 0) is 20.9 Å². The molecule has 27 heavy (non-hydrogen) atoms. The molecule has 0 bridgehead atoms. The van der Waals surface area contributed by atoms with E-state index in [-0.39, 0.29) is 11.6 Å². The number of aldehydes is 1. The second-order valence-corrected chi connectivity index (χ2v) is 8.30. The molecule has 1 aliphatic heterocycles. The molecule has 1 aromatic carbocycles. The van der Waals surface area contributed by atoms with Crippen LogP contribution < -0.4 is 0 Å². The summed E-state index contributed by atoms with van der Waals surface area (Å²) in [5.41, 5.74) is 0.942. The van der Waals surface area contributed by atoms with Crippen molar-refractivity contribution in [1.29, 1.82) is 0 Å². The predicted molar refractivity (Wildman–Crippen MR) is 109 cm³/mol. The first-order chi connectivity index (χ1) is 12.9. The van der Waals surface area contributed by atoms with Gasteiger partial charge in [0, 0.05) is 13.2 Å². The topological polar surface area (TPSA) is 38.8 Å². The quantitative estimate of drug-likeness (QED) is 0.331. The van der Waals surface area contributed by atoms with E-state index in [0.29, 0.717) is 12.5 Å². The summed E-state index contributed by atoms with van der Waals surface area (Å²) < 4.78 is 11.9. The van der Waals surface area contributed by atoms with Crippen LogP contribution in [-0.4, -0.2) is 36.0 Å². The Morgan fingerprint density at radius 1 is 1.26 bits per heavy atom. The third-order valence-electron chi connectivity index (χ3n) is 4.67. The standard InChI is InChI=1S/C23H35NO3/c1-5-10-22(27-23(2,3)4)24-16-20(15-21(24)17-25)13-9-14-26-18-19-11-7-6-8-12-19/h6-8,10-12,17,20-21H,5,9,13-16,18H2,1-4H3/b22-10-. The lowest BCUT2D eigenvalue weighted by atomic mass is 10.0. The van der Waals surface area contributed by atoms with Gasteiger partial charge in [0.1, 0.15) is 11.9 Å². The van der Waals surface area contributed by atoms with Crippen LogP contribution in [0.15, 0.2) is 42.3 Å². The predicted octanol–water partition coefficient (Wildman–Crippen LogP) is 4.94. The Kier molecular flexibility index (Phi) is 8.36. The van der Waals surface area contributed by atoms with Crippen molar-refractivity contribution in [1.82, 2.24) is 4.90 Å². The normalized spacial score (nSPS) is 20.7. The molecule has 1 aliphatic rings. The maximum absolute atomic E-state index is 11.6. The fourth-order valence-corrected chi connectivity index (χ4v) is 3.49. The Balaban J connectivity index is 1.80. The van der Waals surface area contributed by atoms with Gasteiger partial charge in [-0.25, -0.2) is 0 Å². The van der Waals surface area contributed by atoms with Crippen LogP contribution in [0.25, 0.3) is 0 Å². The van der Waals surface area contributed by atoms with Gasteiger partial charge in [-0.2, -0.15) is 0 Å². The zero-order valence-electron chi connectivity index (χ0n) is 17.3. The summed E-state index contributed by atoms with van der Waals surface area (Å²) in [6.07, 6.45) is 7.05. The molecular formula is C23H35NO3. The Bertz CT molecular complexity index is 591. The number of benzene rings is 1. The van der Waals surface area contributed by atoms with Gasteiger partial charge in [0.2, 0.25) is 0 Å². The highest BCUT2D eigenvalue weighted by Gasteiger charge is 2.34. The van der Waals surface area contributed by atoms with E-state index in [1.165, 1.54) is 5.56 Å². The van der Waals surface area contributed by atoms with Crippen LogP contribution in [0.4, 0.5) is 0 Å². The number of carbonyl (C=O) groups excluding carboxylic acids is 1. The number of rotatable bonds is 10. The monoisotopic (exact) mass is 373 g/mol. The van der Waals surface area contributed by atoms with Gasteiger partial charge in [0.05, 0.1) is 12.6 Å². The van der Waals surface area contributed by atoms with Crippen LogP contribution in [0.1, 0.15) is 58.9 Å². The van der Waals surface area contributed by atoms with Crippen LogP contribution in [0.5, 0.6) is 0 Å². The number of carbonyl (C=O) groups is 1. The van der Waals surface area contributed by atoms with E-state index in [1.807, 2.05) is 39.0 Å². The molecule has 2 rings (SSSR count). The van der Waals surface area contributed by atoms with Gasteiger partial charge < -0.3 is 19.2 Å². The lowest BCUT2D eigenvalue weighted by molar-refractivity contribution is -0.112. The average molecular weight is 374 g/mol. The summed E-state index contributed by atoms with van der Waals surface area (Å²) in [6.45, 7) is 10.5. The van der Waals surface area contributed by atoms with Crippen molar-refractivity contribution in [2.75, 3.05) is 13.2 Å². The van der Waals surface area contributed by atoms with Crippen LogP contribution in [0.2, 0.25) is 0 Å². The fourth-order valence-electron chi connectivity index (χ4n) is 3.49. The first kappa shape index (κ1) is 21.5. The van der Waals surface area contributed by atoms with Crippen LogP contribution in [0, 0.1) is 5.92 Å². The molecule has 0 aromatic heterocycles. The fraction of sp³-hybridized carbons (Fsp3) is 0.609. The third kappa shape index (κ3) is 7.37. The average Bonchev–Trinajstić information content (AvgIpc) is 3.04. The Labute approximate surface area is 164 Å². The number of hydrogen-bond acceptors (Lipinski definition) is 4. The zero-order chi connectivity index (χ0) is 19.7. The Morgan fingerprint density at radius 2 is 2.00 bits per heavy atom. The molecule has 0 amide bonds. The van der Waals surface area contributed by atoms with Gasteiger partial charge in [-0.15, -0.1) is 0 Å². The van der Waals surface area contributed by atoms with Gasteiger partial charge in [0.25, 0.3) is 0 Å². The summed E-state index contributed by atoms with van der Waals surface area (Å²) in [6, 6.07) is 10.2. The first-order valence-corrected chi connectivity index (χ1v) is 10.2. The van der Waals surface area contributed by atoms with Crippen molar-refractivity contribution in [2.24, 2.45) is 5.92 Å². The van der Waals surface area contributed by atoms with E-state index in [4.69, 9.17) is 9.47 Å². The molecule has 0 saturated carbocycles. The van der Waals surface area contributed by atoms with E-state index in [9.17, 15) is 4.79 Å². The van der Waals surface area contributed by atoms with Crippen molar-refractivity contribution in [3.8, 4) is 0 Å².